The summed E-state index contributed by atoms with van der Waals surface area (Å²) < 4.78 is 58.0. The highest BCUT2D eigenvalue weighted by Crippen LogP contribution is 2.26. The Morgan fingerprint density at radius 3 is 1.53 bits per heavy atom. The molecule has 1 saturated heterocycles. The number of hydrogen-bond acceptors (Lipinski definition) is 11. The summed E-state index contributed by atoms with van der Waals surface area (Å²) >= 11 is 0. The highest BCUT2D eigenvalue weighted by Gasteiger charge is 2.48. The fourth-order valence-corrected chi connectivity index (χ4v) is 6.93. The number of esters is 1. The molecule has 0 aromatic rings. The number of unbranched alkanes of at least 4 members (excludes halogenated alkanes) is 22. The topological polar surface area (TPSA) is 178 Å². The van der Waals surface area contributed by atoms with Crippen molar-refractivity contribution in [2.75, 3.05) is 26.4 Å². The molecule has 6 atom stereocenters. The highest BCUT2D eigenvalue weighted by molar-refractivity contribution is 7.80. The Bertz CT molecular complexity index is 921. The summed E-state index contributed by atoms with van der Waals surface area (Å²) in [7, 11) is -5.04. The fraction of sp³-hybridized carbons (Fsp3) is 0.974. The van der Waals surface area contributed by atoms with Gasteiger partial charge in [-0.2, -0.15) is 8.42 Å². The SMILES string of the molecule is CCCCCCCCCCCCCCCCCCCCCCCCCOCC(COC1OC(CO)C(O)C(OS(=O)(=O)O)C1O)OC(=O)CCC. The second-order valence-corrected chi connectivity index (χ2v) is 15.3. The van der Waals surface area contributed by atoms with Crippen LogP contribution in [0.3, 0.4) is 0 Å². The predicted molar refractivity (Wildman–Crippen MR) is 198 cm³/mol. The Labute approximate surface area is 309 Å². The molecular formula is C38H74O12S. The molecular weight excluding hydrogens is 680 g/mol. The zero-order chi connectivity index (χ0) is 37.6. The molecule has 1 heterocycles. The first-order valence-electron chi connectivity index (χ1n) is 20.3. The molecule has 1 aliphatic rings. The van der Waals surface area contributed by atoms with E-state index in [0.717, 1.165) is 19.3 Å². The smallest absolute Gasteiger partial charge is 0.397 e. The zero-order valence-electron chi connectivity index (χ0n) is 31.9. The van der Waals surface area contributed by atoms with Crippen LogP contribution in [0.25, 0.3) is 0 Å². The third kappa shape index (κ3) is 25.7. The lowest BCUT2D eigenvalue weighted by atomic mass is 9.99. The lowest BCUT2D eigenvalue weighted by Crippen LogP contribution is -2.60. The number of aliphatic hydroxyl groups excluding tert-OH is 3. The monoisotopic (exact) mass is 754 g/mol. The van der Waals surface area contributed by atoms with Crippen molar-refractivity contribution < 1.29 is 56.2 Å². The maximum atomic E-state index is 12.2. The van der Waals surface area contributed by atoms with E-state index < -0.39 is 59.8 Å². The number of rotatable bonds is 35. The van der Waals surface area contributed by atoms with Gasteiger partial charge in [-0.3, -0.25) is 9.35 Å². The molecule has 13 heteroatoms. The van der Waals surface area contributed by atoms with Crippen molar-refractivity contribution in [1.82, 2.24) is 0 Å². The molecule has 0 radical (unpaired) electrons. The van der Waals surface area contributed by atoms with Gasteiger partial charge in [-0.25, -0.2) is 4.18 Å². The summed E-state index contributed by atoms with van der Waals surface area (Å²) in [6.45, 7) is 3.62. The van der Waals surface area contributed by atoms with Crippen molar-refractivity contribution in [3.8, 4) is 0 Å². The number of aliphatic hydroxyl groups is 3. The van der Waals surface area contributed by atoms with E-state index in [9.17, 15) is 28.5 Å². The summed E-state index contributed by atoms with van der Waals surface area (Å²) in [4.78, 5) is 12.2. The van der Waals surface area contributed by atoms with Crippen LogP contribution < -0.4 is 0 Å². The van der Waals surface area contributed by atoms with Gasteiger partial charge in [-0.1, -0.05) is 155 Å². The van der Waals surface area contributed by atoms with E-state index in [-0.39, 0.29) is 19.6 Å². The van der Waals surface area contributed by atoms with Gasteiger partial charge in [0.1, 0.15) is 30.5 Å². The van der Waals surface area contributed by atoms with Crippen molar-refractivity contribution in [2.45, 2.75) is 211 Å². The van der Waals surface area contributed by atoms with Crippen molar-refractivity contribution >= 4 is 16.4 Å². The van der Waals surface area contributed by atoms with Crippen LogP contribution in [0.1, 0.15) is 174 Å². The first kappa shape index (κ1) is 48.1. The molecule has 6 unspecified atom stereocenters. The van der Waals surface area contributed by atoms with E-state index >= 15 is 0 Å². The molecule has 0 saturated carbocycles. The maximum absolute atomic E-state index is 12.2. The summed E-state index contributed by atoms with van der Waals surface area (Å²) in [6, 6.07) is 0. The Morgan fingerprint density at radius 1 is 0.667 bits per heavy atom. The summed E-state index contributed by atoms with van der Waals surface area (Å²) in [5.74, 6) is -0.448. The molecule has 4 N–H and O–H groups in total. The lowest BCUT2D eigenvalue weighted by Gasteiger charge is -2.41. The zero-order valence-corrected chi connectivity index (χ0v) is 32.7. The molecule has 0 aromatic heterocycles. The molecule has 0 aliphatic carbocycles. The largest absolute Gasteiger partial charge is 0.457 e. The van der Waals surface area contributed by atoms with Crippen molar-refractivity contribution in [3.05, 3.63) is 0 Å². The average molecular weight is 755 g/mol. The van der Waals surface area contributed by atoms with Gasteiger partial charge in [0.2, 0.25) is 0 Å². The standard InChI is InChI=1S/C38H74O12S/c1-3-5-6-7-8-9-10-11-12-13-14-15-16-17-18-19-20-21-22-23-24-25-26-28-46-30-32(48-34(40)27-4-2)31-47-38-36(42)37(50-51(43,44)45)35(41)33(29-39)49-38/h32-33,35-39,41-42H,3-31H2,1-2H3,(H,43,44,45). The molecule has 1 aliphatic heterocycles. The lowest BCUT2D eigenvalue weighted by molar-refractivity contribution is -0.301. The van der Waals surface area contributed by atoms with Crippen molar-refractivity contribution in [2.24, 2.45) is 0 Å². The first-order chi connectivity index (χ1) is 24.6. The Kier molecular flexibility index (Phi) is 29.7. The minimum Gasteiger partial charge on any atom is -0.457 e. The van der Waals surface area contributed by atoms with Gasteiger partial charge in [0.15, 0.2) is 6.29 Å². The van der Waals surface area contributed by atoms with Gasteiger partial charge in [0.25, 0.3) is 0 Å². The first-order valence-corrected chi connectivity index (χ1v) is 21.7. The molecule has 0 bridgehead atoms. The van der Waals surface area contributed by atoms with E-state index in [1.54, 1.807) is 0 Å². The van der Waals surface area contributed by atoms with Crippen LogP contribution in [0.5, 0.6) is 0 Å². The predicted octanol–water partition coefficient (Wildman–Crippen LogP) is 7.35. The van der Waals surface area contributed by atoms with Crippen LogP contribution >= 0.6 is 0 Å². The van der Waals surface area contributed by atoms with Crippen LogP contribution in [-0.2, 0) is 38.3 Å². The van der Waals surface area contributed by atoms with E-state index in [1.165, 1.54) is 128 Å². The van der Waals surface area contributed by atoms with E-state index in [0.29, 0.717) is 13.0 Å². The summed E-state index contributed by atoms with van der Waals surface area (Å²) in [5, 5.41) is 30.2. The molecule has 12 nitrogen and oxygen atoms in total. The van der Waals surface area contributed by atoms with Gasteiger partial charge >= 0.3 is 16.4 Å². The fourth-order valence-electron chi connectivity index (χ4n) is 6.42. The molecule has 0 spiro atoms. The van der Waals surface area contributed by atoms with Crippen LogP contribution in [0.15, 0.2) is 0 Å². The Morgan fingerprint density at radius 2 is 1.12 bits per heavy atom. The normalized spacial score (nSPS) is 21.6. The molecule has 1 fully saturated rings. The minimum absolute atomic E-state index is 0.0363. The minimum atomic E-state index is -5.04. The molecule has 51 heavy (non-hydrogen) atoms. The highest BCUT2D eigenvalue weighted by atomic mass is 32.3. The van der Waals surface area contributed by atoms with Gasteiger partial charge < -0.3 is 34.3 Å². The number of carbonyl (C=O) groups is 1. The van der Waals surface area contributed by atoms with Gasteiger partial charge in [-0.05, 0) is 12.8 Å². The van der Waals surface area contributed by atoms with Gasteiger partial charge in [0.05, 0.1) is 19.8 Å². The Hall–Kier alpha value is -0.900. The van der Waals surface area contributed by atoms with E-state index in [1.807, 2.05) is 6.92 Å². The van der Waals surface area contributed by atoms with Crippen molar-refractivity contribution in [1.29, 1.82) is 0 Å². The van der Waals surface area contributed by atoms with E-state index in [4.69, 9.17) is 23.5 Å². The summed E-state index contributed by atoms with van der Waals surface area (Å²) in [6.07, 6.45) is 22.1. The number of carbonyl (C=O) groups excluding carboxylic acids is 1. The van der Waals surface area contributed by atoms with Crippen LogP contribution in [-0.4, -0.2) is 97.5 Å². The van der Waals surface area contributed by atoms with Crippen LogP contribution in [0, 0.1) is 0 Å². The quantitative estimate of drug-likeness (QED) is 0.0288. The third-order valence-corrected chi connectivity index (χ3v) is 9.91. The van der Waals surface area contributed by atoms with Crippen LogP contribution in [0.4, 0.5) is 0 Å². The van der Waals surface area contributed by atoms with Gasteiger partial charge in [-0.15, -0.1) is 0 Å². The van der Waals surface area contributed by atoms with E-state index in [2.05, 4.69) is 11.1 Å². The van der Waals surface area contributed by atoms with Crippen LogP contribution in [0.2, 0.25) is 0 Å². The van der Waals surface area contributed by atoms with Crippen molar-refractivity contribution in [3.63, 3.8) is 0 Å². The Balaban J connectivity index is 2.11. The number of hydrogen-bond donors (Lipinski definition) is 4. The second-order valence-electron chi connectivity index (χ2n) is 14.2. The molecule has 304 valence electrons. The molecule has 0 amide bonds. The third-order valence-electron chi connectivity index (χ3n) is 9.45. The second kappa shape index (κ2) is 31.5. The molecule has 0 aromatic carbocycles. The maximum Gasteiger partial charge on any atom is 0.397 e. The summed E-state index contributed by atoms with van der Waals surface area (Å²) in [5.41, 5.74) is 0. The molecule has 1 rings (SSSR count). The average Bonchev–Trinajstić information content (AvgIpc) is 3.09. The number of ether oxygens (including phenoxy) is 4. The van der Waals surface area contributed by atoms with Gasteiger partial charge in [0, 0.05) is 13.0 Å².